The second-order valence-electron chi connectivity index (χ2n) is 9.29. The molecule has 1 aromatic heterocycles. The van der Waals surface area contributed by atoms with Crippen LogP contribution in [0.15, 0.2) is 72.8 Å². The van der Waals surface area contributed by atoms with Gasteiger partial charge in [-0.3, -0.25) is 4.79 Å². The summed E-state index contributed by atoms with van der Waals surface area (Å²) in [4.78, 5) is 19.9. The van der Waals surface area contributed by atoms with Crippen molar-refractivity contribution < 1.29 is 14.3 Å². The molecular weight excluding hydrogens is 450 g/mol. The number of anilines is 1. The molecule has 36 heavy (non-hydrogen) atoms. The van der Waals surface area contributed by atoms with Gasteiger partial charge in [0.2, 0.25) is 5.91 Å². The number of fused-ring (bicyclic) bond motifs is 1. The number of carbonyl (C=O) groups is 1. The zero-order chi connectivity index (χ0) is 24.9. The molecule has 0 unspecified atom stereocenters. The highest BCUT2D eigenvalue weighted by Crippen LogP contribution is 2.33. The normalized spacial score (nSPS) is 15.6. The summed E-state index contributed by atoms with van der Waals surface area (Å²) in [6.07, 6.45) is 3.89. The average molecular weight is 484 g/mol. The third kappa shape index (κ3) is 4.94. The number of aromatic nitrogens is 2. The van der Waals surface area contributed by atoms with Crippen LogP contribution in [0.25, 0.3) is 11.0 Å². The highest BCUT2D eigenvalue weighted by molar-refractivity contribution is 5.96. The zero-order valence-electron chi connectivity index (χ0n) is 21.0. The number of imidazole rings is 1. The second-order valence-corrected chi connectivity index (χ2v) is 9.29. The molecule has 3 aromatic carbocycles. The van der Waals surface area contributed by atoms with E-state index >= 15 is 0 Å². The van der Waals surface area contributed by atoms with Crippen molar-refractivity contribution in [1.82, 2.24) is 9.55 Å². The van der Waals surface area contributed by atoms with Gasteiger partial charge in [0.15, 0.2) is 11.5 Å². The highest BCUT2D eigenvalue weighted by atomic mass is 16.5. The predicted molar refractivity (Wildman–Crippen MR) is 143 cm³/mol. The molecule has 0 spiro atoms. The Morgan fingerprint density at radius 2 is 1.72 bits per heavy atom. The van der Waals surface area contributed by atoms with E-state index < -0.39 is 0 Å². The van der Waals surface area contributed by atoms with Crippen LogP contribution < -0.4 is 14.4 Å². The Morgan fingerprint density at radius 1 is 0.972 bits per heavy atom. The molecular formula is C30H33N3O3. The molecule has 5 rings (SSSR count). The van der Waals surface area contributed by atoms with E-state index in [1.807, 2.05) is 47.4 Å². The van der Waals surface area contributed by atoms with Crippen LogP contribution >= 0.6 is 0 Å². The number of hydrogen-bond acceptors (Lipinski definition) is 4. The van der Waals surface area contributed by atoms with E-state index in [0.29, 0.717) is 31.9 Å². The van der Waals surface area contributed by atoms with Gasteiger partial charge < -0.3 is 18.9 Å². The van der Waals surface area contributed by atoms with Crippen LogP contribution in [-0.2, 0) is 17.8 Å². The Bertz CT molecular complexity index is 1330. The fourth-order valence-electron chi connectivity index (χ4n) is 4.98. The van der Waals surface area contributed by atoms with E-state index in [-0.39, 0.29) is 11.8 Å². The number of para-hydroxylation sites is 4. The molecule has 2 heterocycles. The van der Waals surface area contributed by atoms with Gasteiger partial charge in [-0.1, -0.05) is 49.7 Å². The molecule has 4 aromatic rings. The Morgan fingerprint density at radius 3 is 2.50 bits per heavy atom. The molecule has 1 aliphatic heterocycles. The average Bonchev–Trinajstić information content (AvgIpc) is 3.48. The largest absolute Gasteiger partial charge is 0.493 e. The lowest BCUT2D eigenvalue weighted by molar-refractivity contribution is -0.117. The maximum Gasteiger partial charge on any atom is 0.227 e. The maximum absolute atomic E-state index is 13.1. The van der Waals surface area contributed by atoms with Crippen molar-refractivity contribution in [2.75, 3.05) is 25.2 Å². The first kappa shape index (κ1) is 23.9. The molecule has 1 atom stereocenters. The number of carbonyl (C=O) groups excluding carboxylic acids is 1. The van der Waals surface area contributed by atoms with Crippen LogP contribution in [0.2, 0.25) is 0 Å². The minimum absolute atomic E-state index is 0.0240. The van der Waals surface area contributed by atoms with E-state index in [2.05, 4.69) is 41.8 Å². The van der Waals surface area contributed by atoms with Gasteiger partial charge in [0.25, 0.3) is 0 Å². The Kier molecular flexibility index (Phi) is 7.21. The smallest absolute Gasteiger partial charge is 0.227 e. The molecule has 1 saturated heterocycles. The molecule has 6 heteroatoms. The number of ether oxygens (including phenoxy) is 2. The van der Waals surface area contributed by atoms with E-state index in [0.717, 1.165) is 34.7 Å². The van der Waals surface area contributed by atoms with Crippen molar-refractivity contribution in [3.05, 3.63) is 84.2 Å². The monoisotopic (exact) mass is 483 g/mol. The molecule has 186 valence electrons. The van der Waals surface area contributed by atoms with E-state index in [4.69, 9.17) is 14.5 Å². The Balaban J connectivity index is 1.35. The SMILES string of the molecule is CCCCc1ccc(N2C[C@H](c3nc4ccccc4n3CCOc3ccccc3OC)CC2=O)cc1. The van der Waals surface area contributed by atoms with Gasteiger partial charge in [-0.15, -0.1) is 0 Å². The lowest BCUT2D eigenvalue weighted by Crippen LogP contribution is -2.24. The first-order valence-electron chi connectivity index (χ1n) is 12.8. The Hall–Kier alpha value is -3.80. The van der Waals surface area contributed by atoms with Crippen molar-refractivity contribution in [2.45, 2.75) is 45.1 Å². The lowest BCUT2D eigenvalue weighted by Gasteiger charge is -2.18. The van der Waals surface area contributed by atoms with Crippen molar-refractivity contribution in [3.63, 3.8) is 0 Å². The minimum atomic E-state index is 0.0240. The molecule has 6 nitrogen and oxygen atoms in total. The second kappa shape index (κ2) is 10.9. The number of amides is 1. The molecule has 0 aliphatic carbocycles. The predicted octanol–water partition coefficient (Wildman–Crippen LogP) is 5.99. The molecule has 1 amide bonds. The van der Waals surface area contributed by atoms with Crippen LogP contribution in [0, 0.1) is 0 Å². The molecule has 0 radical (unpaired) electrons. The highest BCUT2D eigenvalue weighted by Gasteiger charge is 2.34. The first-order valence-corrected chi connectivity index (χ1v) is 12.8. The number of nitrogens with zero attached hydrogens (tertiary/aromatic N) is 3. The summed E-state index contributed by atoms with van der Waals surface area (Å²) >= 11 is 0. The van der Waals surface area contributed by atoms with Gasteiger partial charge >= 0.3 is 0 Å². The maximum atomic E-state index is 13.1. The van der Waals surface area contributed by atoms with Gasteiger partial charge in [0.1, 0.15) is 12.4 Å². The van der Waals surface area contributed by atoms with E-state index in [1.54, 1.807) is 7.11 Å². The molecule has 0 bridgehead atoms. The number of methoxy groups -OCH3 is 1. The van der Waals surface area contributed by atoms with Gasteiger partial charge in [0, 0.05) is 24.6 Å². The number of rotatable bonds is 10. The summed E-state index contributed by atoms with van der Waals surface area (Å²) in [6, 6.07) is 24.3. The fourth-order valence-corrected chi connectivity index (χ4v) is 4.98. The van der Waals surface area contributed by atoms with Crippen molar-refractivity contribution in [3.8, 4) is 11.5 Å². The molecule has 1 aliphatic rings. The molecule has 1 fully saturated rings. The number of hydrogen-bond donors (Lipinski definition) is 0. The van der Waals surface area contributed by atoms with Gasteiger partial charge in [0.05, 0.1) is 24.7 Å². The minimum Gasteiger partial charge on any atom is -0.493 e. The number of benzene rings is 3. The summed E-state index contributed by atoms with van der Waals surface area (Å²) < 4.78 is 13.7. The van der Waals surface area contributed by atoms with Gasteiger partial charge in [-0.05, 0) is 54.8 Å². The third-order valence-corrected chi connectivity index (χ3v) is 6.88. The van der Waals surface area contributed by atoms with E-state index in [1.165, 1.54) is 18.4 Å². The standard InChI is InChI=1S/C30H33N3O3/c1-3-4-9-22-14-16-24(17-15-22)33-21-23(20-29(33)34)30-31-25-10-5-6-11-26(25)32(30)18-19-36-28-13-8-7-12-27(28)35-2/h5-8,10-17,23H,3-4,9,18-21H2,1-2H3/t23-/m1/s1. The lowest BCUT2D eigenvalue weighted by atomic mass is 10.1. The fraction of sp³-hybridized carbons (Fsp3) is 0.333. The summed E-state index contributed by atoms with van der Waals surface area (Å²) in [6.45, 7) is 3.93. The Labute approximate surface area is 212 Å². The zero-order valence-corrected chi connectivity index (χ0v) is 21.0. The third-order valence-electron chi connectivity index (χ3n) is 6.88. The topological polar surface area (TPSA) is 56.6 Å². The molecule has 0 N–H and O–H groups in total. The summed E-state index contributed by atoms with van der Waals surface area (Å²) in [7, 11) is 1.64. The summed E-state index contributed by atoms with van der Waals surface area (Å²) in [5.41, 5.74) is 4.28. The molecule has 0 saturated carbocycles. The van der Waals surface area contributed by atoms with Crippen LogP contribution in [-0.4, -0.2) is 35.7 Å². The van der Waals surface area contributed by atoms with Crippen LogP contribution in [0.1, 0.15) is 43.5 Å². The summed E-state index contributed by atoms with van der Waals surface area (Å²) in [5, 5.41) is 0. The number of aryl methyl sites for hydroxylation is 1. The van der Waals surface area contributed by atoms with Crippen molar-refractivity contribution >= 4 is 22.6 Å². The van der Waals surface area contributed by atoms with Crippen LogP contribution in [0.4, 0.5) is 5.69 Å². The number of unbranched alkanes of at least 4 members (excludes halogenated alkanes) is 1. The quantitative estimate of drug-likeness (QED) is 0.278. The van der Waals surface area contributed by atoms with Gasteiger partial charge in [-0.25, -0.2) is 4.98 Å². The van der Waals surface area contributed by atoms with Crippen LogP contribution in [0.5, 0.6) is 11.5 Å². The van der Waals surface area contributed by atoms with E-state index in [9.17, 15) is 4.79 Å². The van der Waals surface area contributed by atoms with Crippen LogP contribution in [0.3, 0.4) is 0 Å². The van der Waals surface area contributed by atoms with Crippen molar-refractivity contribution in [2.24, 2.45) is 0 Å². The van der Waals surface area contributed by atoms with Crippen molar-refractivity contribution in [1.29, 1.82) is 0 Å². The first-order chi connectivity index (χ1) is 17.7. The summed E-state index contributed by atoms with van der Waals surface area (Å²) in [5.74, 6) is 2.54. The van der Waals surface area contributed by atoms with Gasteiger partial charge in [-0.2, -0.15) is 0 Å².